The van der Waals surface area contributed by atoms with Crippen LogP contribution in [0.15, 0.2) is 46.0 Å². The number of benzene rings is 2. The fourth-order valence-electron chi connectivity index (χ4n) is 1.92. The normalized spacial score (nSPS) is 11.6. The SMILES string of the molecule is CN(C/C(N)=N/O)C(=O)c1ccc2cc(Br)ccc2c1. The standard InChI is InChI=1S/C14H14BrN3O2/c1-18(8-13(16)17-20)14(19)11-3-2-10-7-12(15)5-4-9(10)6-11/h2-7,20H,8H2,1H3,(H2,16,17). The first-order chi connectivity index (χ1) is 9.51. The van der Waals surface area contributed by atoms with E-state index in [-0.39, 0.29) is 18.3 Å². The van der Waals surface area contributed by atoms with E-state index >= 15 is 0 Å². The number of oxime groups is 1. The number of nitrogens with two attached hydrogens (primary N) is 1. The van der Waals surface area contributed by atoms with Crippen molar-refractivity contribution in [2.24, 2.45) is 10.9 Å². The largest absolute Gasteiger partial charge is 0.409 e. The van der Waals surface area contributed by atoms with Crippen molar-refractivity contribution in [3.8, 4) is 0 Å². The van der Waals surface area contributed by atoms with Crippen molar-refractivity contribution < 1.29 is 10.0 Å². The molecule has 5 nitrogen and oxygen atoms in total. The van der Waals surface area contributed by atoms with Crippen molar-refractivity contribution in [3.63, 3.8) is 0 Å². The second kappa shape index (κ2) is 5.92. The van der Waals surface area contributed by atoms with Gasteiger partial charge in [0.2, 0.25) is 0 Å². The van der Waals surface area contributed by atoms with Crippen LogP contribution in [-0.4, -0.2) is 35.4 Å². The number of carbonyl (C=O) groups is 1. The Hall–Kier alpha value is -2.08. The molecule has 0 atom stereocenters. The predicted octanol–water partition coefficient (Wildman–Crippen LogP) is 2.42. The van der Waals surface area contributed by atoms with E-state index in [4.69, 9.17) is 10.9 Å². The molecule has 1 amide bonds. The molecule has 0 fully saturated rings. The molecule has 3 N–H and O–H groups in total. The van der Waals surface area contributed by atoms with Crippen LogP contribution in [0.25, 0.3) is 10.8 Å². The summed E-state index contributed by atoms with van der Waals surface area (Å²) in [6.07, 6.45) is 0. The molecule has 6 heteroatoms. The molecule has 0 radical (unpaired) electrons. The smallest absolute Gasteiger partial charge is 0.254 e. The second-order valence-electron chi connectivity index (χ2n) is 4.46. The van der Waals surface area contributed by atoms with Crippen LogP contribution in [0.3, 0.4) is 0 Å². The van der Waals surface area contributed by atoms with Gasteiger partial charge in [0, 0.05) is 17.1 Å². The van der Waals surface area contributed by atoms with Crippen molar-refractivity contribution in [1.82, 2.24) is 4.90 Å². The molecule has 0 heterocycles. The lowest BCUT2D eigenvalue weighted by Gasteiger charge is -2.16. The highest BCUT2D eigenvalue weighted by molar-refractivity contribution is 9.10. The van der Waals surface area contributed by atoms with Crippen molar-refractivity contribution in [3.05, 3.63) is 46.4 Å². The Morgan fingerprint density at radius 2 is 1.95 bits per heavy atom. The van der Waals surface area contributed by atoms with Crippen LogP contribution in [0.1, 0.15) is 10.4 Å². The molecular formula is C14H14BrN3O2. The minimum absolute atomic E-state index is 0.00873. The predicted molar refractivity (Wildman–Crippen MR) is 82.0 cm³/mol. The molecule has 0 aliphatic carbocycles. The highest BCUT2D eigenvalue weighted by atomic mass is 79.9. The highest BCUT2D eigenvalue weighted by Gasteiger charge is 2.13. The van der Waals surface area contributed by atoms with Crippen LogP contribution in [0, 0.1) is 0 Å². The number of amidine groups is 1. The van der Waals surface area contributed by atoms with E-state index in [0.29, 0.717) is 5.56 Å². The molecule has 2 aromatic carbocycles. The van der Waals surface area contributed by atoms with E-state index in [1.807, 2.05) is 30.3 Å². The first-order valence-electron chi connectivity index (χ1n) is 5.92. The monoisotopic (exact) mass is 335 g/mol. The first-order valence-corrected chi connectivity index (χ1v) is 6.72. The third-order valence-electron chi connectivity index (χ3n) is 2.92. The topological polar surface area (TPSA) is 78.9 Å². The Kier molecular flexibility index (Phi) is 4.24. The summed E-state index contributed by atoms with van der Waals surface area (Å²) in [5.41, 5.74) is 5.96. The van der Waals surface area contributed by atoms with Crippen molar-refractivity contribution in [2.45, 2.75) is 0 Å². The van der Waals surface area contributed by atoms with Crippen LogP contribution in [0.5, 0.6) is 0 Å². The number of amides is 1. The Bertz CT molecular complexity index is 685. The van der Waals surface area contributed by atoms with Gasteiger partial charge in [-0.2, -0.15) is 0 Å². The summed E-state index contributed by atoms with van der Waals surface area (Å²) in [6.45, 7) is 0.0771. The average Bonchev–Trinajstić information content (AvgIpc) is 2.45. The Morgan fingerprint density at radius 3 is 2.65 bits per heavy atom. The molecule has 2 aromatic rings. The number of nitrogens with zero attached hydrogens (tertiary/aromatic N) is 2. The van der Waals surface area contributed by atoms with Gasteiger partial charge in [-0.3, -0.25) is 4.79 Å². The van der Waals surface area contributed by atoms with E-state index in [0.717, 1.165) is 15.2 Å². The minimum Gasteiger partial charge on any atom is -0.409 e. The number of likely N-dealkylation sites (N-methyl/N-ethyl adjacent to an activating group) is 1. The number of hydrogen-bond donors (Lipinski definition) is 2. The third kappa shape index (κ3) is 3.08. The van der Waals surface area contributed by atoms with Crippen LogP contribution in [0.4, 0.5) is 0 Å². The summed E-state index contributed by atoms with van der Waals surface area (Å²) in [5, 5.41) is 13.4. The summed E-state index contributed by atoms with van der Waals surface area (Å²) >= 11 is 3.41. The van der Waals surface area contributed by atoms with E-state index < -0.39 is 0 Å². The van der Waals surface area contributed by atoms with Crippen LogP contribution in [0.2, 0.25) is 0 Å². The quantitative estimate of drug-likeness (QED) is 0.391. The van der Waals surface area contributed by atoms with Gasteiger partial charge < -0.3 is 15.8 Å². The number of rotatable bonds is 3. The molecule has 0 saturated heterocycles. The highest BCUT2D eigenvalue weighted by Crippen LogP contribution is 2.21. The lowest BCUT2D eigenvalue weighted by atomic mass is 10.1. The molecule has 0 aliphatic heterocycles. The van der Waals surface area contributed by atoms with Gasteiger partial charge in [0.05, 0.1) is 6.54 Å². The van der Waals surface area contributed by atoms with Gasteiger partial charge >= 0.3 is 0 Å². The summed E-state index contributed by atoms with van der Waals surface area (Å²) < 4.78 is 0.994. The van der Waals surface area contributed by atoms with Gasteiger partial charge in [-0.1, -0.05) is 33.2 Å². The Labute approximate surface area is 124 Å². The molecule has 0 spiro atoms. The van der Waals surface area contributed by atoms with Crippen molar-refractivity contribution >= 4 is 38.4 Å². The molecule has 0 aliphatic rings. The Morgan fingerprint density at radius 1 is 1.30 bits per heavy atom. The summed E-state index contributed by atoms with van der Waals surface area (Å²) in [6, 6.07) is 11.3. The zero-order chi connectivity index (χ0) is 14.7. The lowest BCUT2D eigenvalue weighted by Crippen LogP contribution is -2.35. The fraction of sp³-hybridized carbons (Fsp3) is 0.143. The van der Waals surface area contributed by atoms with Gasteiger partial charge in [-0.05, 0) is 35.0 Å². The number of hydrogen-bond acceptors (Lipinski definition) is 3. The summed E-state index contributed by atoms with van der Waals surface area (Å²) in [4.78, 5) is 13.6. The molecular weight excluding hydrogens is 322 g/mol. The molecule has 0 bridgehead atoms. The summed E-state index contributed by atoms with van der Waals surface area (Å²) in [5.74, 6) is -0.188. The number of carbonyl (C=O) groups excluding carboxylic acids is 1. The van der Waals surface area contributed by atoms with Crippen molar-refractivity contribution in [1.29, 1.82) is 0 Å². The van der Waals surface area contributed by atoms with Gasteiger partial charge in [0.1, 0.15) is 0 Å². The molecule has 0 saturated carbocycles. The van der Waals surface area contributed by atoms with Crippen LogP contribution < -0.4 is 5.73 Å². The lowest BCUT2D eigenvalue weighted by molar-refractivity contribution is 0.0814. The average molecular weight is 336 g/mol. The Balaban J connectivity index is 2.28. The molecule has 20 heavy (non-hydrogen) atoms. The second-order valence-corrected chi connectivity index (χ2v) is 5.37. The maximum absolute atomic E-state index is 12.2. The van der Waals surface area contributed by atoms with Gasteiger partial charge in [-0.15, -0.1) is 0 Å². The van der Waals surface area contributed by atoms with E-state index in [9.17, 15) is 4.79 Å². The van der Waals surface area contributed by atoms with Crippen molar-refractivity contribution in [2.75, 3.05) is 13.6 Å². The maximum Gasteiger partial charge on any atom is 0.254 e. The number of fused-ring (bicyclic) bond motifs is 1. The molecule has 104 valence electrons. The van der Waals surface area contributed by atoms with E-state index in [1.54, 1.807) is 13.1 Å². The van der Waals surface area contributed by atoms with E-state index in [2.05, 4.69) is 21.1 Å². The summed E-state index contributed by atoms with van der Waals surface area (Å²) in [7, 11) is 1.60. The van der Waals surface area contributed by atoms with Crippen LogP contribution in [-0.2, 0) is 0 Å². The third-order valence-corrected chi connectivity index (χ3v) is 3.42. The zero-order valence-corrected chi connectivity index (χ0v) is 12.5. The van der Waals surface area contributed by atoms with Gasteiger partial charge in [0.15, 0.2) is 5.84 Å². The van der Waals surface area contributed by atoms with Gasteiger partial charge in [0.25, 0.3) is 5.91 Å². The van der Waals surface area contributed by atoms with Gasteiger partial charge in [-0.25, -0.2) is 0 Å². The molecule has 0 unspecified atom stereocenters. The van der Waals surface area contributed by atoms with Crippen LogP contribution >= 0.6 is 15.9 Å². The first kappa shape index (κ1) is 14.3. The zero-order valence-electron chi connectivity index (χ0n) is 10.9. The maximum atomic E-state index is 12.2. The number of halogens is 1. The van der Waals surface area contributed by atoms with E-state index in [1.165, 1.54) is 4.90 Å². The molecule has 0 aromatic heterocycles. The fourth-order valence-corrected chi connectivity index (χ4v) is 2.30. The molecule has 2 rings (SSSR count). The minimum atomic E-state index is -0.179.